The Morgan fingerprint density at radius 3 is 2.57 bits per heavy atom. The summed E-state index contributed by atoms with van der Waals surface area (Å²) in [6.45, 7) is 0.832. The van der Waals surface area contributed by atoms with Crippen LogP contribution in [0.25, 0.3) is 0 Å². The molecule has 0 radical (unpaired) electrons. The number of ether oxygens (including phenoxy) is 2. The summed E-state index contributed by atoms with van der Waals surface area (Å²) in [4.78, 5) is 33.6. The Bertz CT molecular complexity index is 939. The first kappa shape index (κ1) is 20.3. The average molecular weight is 387 g/mol. The second-order valence-electron chi connectivity index (χ2n) is 5.47. The molecule has 28 heavy (non-hydrogen) atoms. The molecule has 2 aromatic rings. The number of nitriles is 1. The van der Waals surface area contributed by atoms with Gasteiger partial charge in [-0.3, -0.25) is 14.9 Å². The molecule has 0 heterocycles. The maximum absolute atomic E-state index is 13.3. The first-order valence-electron chi connectivity index (χ1n) is 7.87. The summed E-state index contributed by atoms with van der Waals surface area (Å²) in [5.41, 5.74) is -0.380. The minimum atomic E-state index is -1.22. The van der Waals surface area contributed by atoms with Crippen molar-refractivity contribution in [3.63, 3.8) is 0 Å². The Kier molecular flexibility index (Phi) is 6.59. The maximum Gasteiger partial charge on any atom is 0.344 e. The van der Waals surface area contributed by atoms with Gasteiger partial charge in [0.05, 0.1) is 16.6 Å². The molecule has 0 aromatic heterocycles. The van der Waals surface area contributed by atoms with E-state index in [4.69, 9.17) is 14.7 Å². The number of amides is 1. The van der Waals surface area contributed by atoms with Crippen molar-refractivity contribution < 1.29 is 28.4 Å². The molecule has 0 unspecified atom stereocenters. The molecule has 1 N–H and O–H groups in total. The molecule has 0 aliphatic carbocycles. The molecule has 2 aromatic carbocycles. The Morgan fingerprint density at radius 1 is 1.29 bits per heavy atom. The predicted octanol–water partition coefficient (Wildman–Crippen LogP) is 2.55. The van der Waals surface area contributed by atoms with Gasteiger partial charge in [0.1, 0.15) is 5.75 Å². The third kappa shape index (κ3) is 5.50. The normalized spacial score (nSPS) is 11.0. The van der Waals surface area contributed by atoms with Crippen molar-refractivity contribution in [2.45, 2.75) is 13.0 Å². The molecular weight excluding hydrogens is 373 g/mol. The van der Waals surface area contributed by atoms with Gasteiger partial charge in [0.15, 0.2) is 12.7 Å². The van der Waals surface area contributed by atoms with E-state index in [1.165, 1.54) is 31.2 Å². The molecule has 0 bridgehead atoms. The van der Waals surface area contributed by atoms with E-state index < -0.39 is 41.0 Å². The Morgan fingerprint density at radius 2 is 1.96 bits per heavy atom. The molecule has 9 nitrogen and oxygen atoms in total. The maximum atomic E-state index is 13.3. The molecule has 0 fully saturated rings. The topological polar surface area (TPSA) is 132 Å². The average Bonchev–Trinajstić information content (AvgIpc) is 2.67. The van der Waals surface area contributed by atoms with Crippen LogP contribution < -0.4 is 10.1 Å². The number of nitrogens with one attached hydrogen (secondary N) is 1. The molecule has 1 atom stereocenters. The van der Waals surface area contributed by atoms with Crippen LogP contribution in [-0.4, -0.2) is 29.5 Å². The highest BCUT2D eigenvalue weighted by atomic mass is 19.1. The highest BCUT2D eigenvalue weighted by molar-refractivity contribution is 5.95. The van der Waals surface area contributed by atoms with Crippen LogP contribution in [0, 0.1) is 27.3 Å². The van der Waals surface area contributed by atoms with Crippen molar-refractivity contribution >= 4 is 23.3 Å². The first-order chi connectivity index (χ1) is 13.3. The zero-order chi connectivity index (χ0) is 20.7. The monoisotopic (exact) mass is 387 g/mol. The molecule has 0 saturated heterocycles. The van der Waals surface area contributed by atoms with Crippen molar-refractivity contribution in [1.29, 1.82) is 5.26 Å². The van der Waals surface area contributed by atoms with E-state index in [-0.39, 0.29) is 5.69 Å². The molecule has 0 aliphatic rings. The fraction of sp³-hybridized carbons (Fsp3) is 0.167. The number of nitro groups is 1. The van der Waals surface area contributed by atoms with Gasteiger partial charge in [0, 0.05) is 11.8 Å². The van der Waals surface area contributed by atoms with Gasteiger partial charge in [0.2, 0.25) is 5.82 Å². The van der Waals surface area contributed by atoms with Crippen LogP contribution in [0.4, 0.5) is 15.8 Å². The summed E-state index contributed by atoms with van der Waals surface area (Å²) in [5.74, 6) is -2.28. The zero-order valence-corrected chi connectivity index (χ0v) is 14.5. The SMILES string of the molecule is C[C@H](OC(=O)COc1ccc(C#N)cc1)C(=O)Nc1ccc(F)c([N+](=O)[O-])c1. The smallest absolute Gasteiger partial charge is 0.344 e. The number of nitrogens with zero attached hydrogens (tertiary/aromatic N) is 2. The molecule has 0 aliphatic heterocycles. The highest BCUT2D eigenvalue weighted by Gasteiger charge is 2.20. The second kappa shape index (κ2) is 9.09. The van der Waals surface area contributed by atoms with Crippen LogP contribution in [0.15, 0.2) is 42.5 Å². The van der Waals surface area contributed by atoms with Crippen LogP contribution in [0.2, 0.25) is 0 Å². The molecule has 0 saturated carbocycles. The van der Waals surface area contributed by atoms with E-state index in [2.05, 4.69) is 5.32 Å². The van der Waals surface area contributed by atoms with Gasteiger partial charge in [0.25, 0.3) is 5.91 Å². The Balaban J connectivity index is 1.87. The summed E-state index contributed by atoms with van der Waals surface area (Å²) in [5, 5.41) is 21.7. The number of hydrogen-bond donors (Lipinski definition) is 1. The lowest BCUT2D eigenvalue weighted by molar-refractivity contribution is -0.387. The summed E-state index contributed by atoms with van der Waals surface area (Å²) in [6.07, 6.45) is -1.22. The summed E-state index contributed by atoms with van der Waals surface area (Å²) in [7, 11) is 0. The molecule has 1 amide bonds. The summed E-state index contributed by atoms with van der Waals surface area (Å²) < 4.78 is 23.4. The van der Waals surface area contributed by atoms with Crippen molar-refractivity contribution in [2.75, 3.05) is 11.9 Å². The molecular formula is C18H14FN3O6. The number of anilines is 1. The predicted molar refractivity (Wildman–Crippen MR) is 93.9 cm³/mol. The number of nitro benzene ring substituents is 1. The van der Waals surface area contributed by atoms with Crippen molar-refractivity contribution in [3.05, 3.63) is 64.0 Å². The second-order valence-corrected chi connectivity index (χ2v) is 5.47. The van der Waals surface area contributed by atoms with Crippen LogP contribution in [0.5, 0.6) is 5.75 Å². The van der Waals surface area contributed by atoms with Gasteiger partial charge < -0.3 is 14.8 Å². The van der Waals surface area contributed by atoms with Crippen molar-refractivity contribution in [1.82, 2.24) is 0 Å². The number of halogens is 1. The number of esters is 1. The molecule has 10 heteroatoms. The minimum Gasteiger partial charge on any atom is -0.482 e. The van der Waals surface area contributed by atoms with Gasteiger partial charge >= 0.3 is 11.7 Å². The molecule has 2 rings (SSSR count). The number of hydrogen-bond acceptors (Lipinski definition) is 7. The van der Waals surface area contributed by atoms with Gasteiger partial charge in [-0.15, -0.1) is 0 Å². The van der Waals surface area contributed by atoms with Crippen molar-refractivity contribution in [3.8, 4) is 11.8 Å². The van der Waals surface area contributed by atoms with Crippen LogP contribution in [-0.2, 0) is 14.3 Å². The van der Waals surface area contributed by atoms with E-state index in [0.29, 0.717) is 11.3 Å². The number of benzene rings is 2. The van der Waals surface area contributed by atoms with E-state index >= 15 is 0 Å². The fourth-order valence-corrected chi connectivity index (χ4v) is 2.03. The lowest BCUT2D eigenvalue weighted by atomic mass is 10.2. The van der Waals surface area contributed by atoms with Crippen LogP contribution in [0.3, 0.4) is 0 Å². The lowest BCUT2D eigenvalue weighted by Crippen LogP contribution is -2.31. The lowest BCUT2D eigenvalue weighted by Gasteiger charge is -2.14. The van der Waals surface area contributed by atoms with Gasteiger partial charge in [-0.25, -0.2) is 4.79 Å². The third-order valence-electron chi connectivity index (χ3n) is 3.43. The zero-order valence-electron chi connectivity index (χ0n) is 14.5. The first-order valence-corrected chi connectivity index (χ1v) is 7.87. The number of rotatable bonds is 7. The fourth-order valence-electron chi connectivity index (χ4n) is 2.03. The van der Waals surface area contributed by atoms with Gasteiger partial charge in [-0.2, -0.15) is 9.65 Å². The molecule has 144 valence electrons. The highest BCUT2D eigenvalue weighted by Crippen LogP contribution is 2.21. The van der Waals surface area contributed by atoms with Crippen LogP contribution in [0.1, 0.15) is 12.5 Å². The van der Waals surface area contributed by atoms with Gasteiger partial charge in [-0.1, -0.05) is 0 Å². The van der Waals surface area contributed by atoms with E-state index in [9.17, 15) is 24.1 Å². The summed E-state index contributed by atoms with van der Waals surface area (Å²) in [6, 6.07) is 10.8. The number of carbonyl (C=O) groups excluding carboxylic acids is 2. The number of carbonyl (C=O) groups is 2. The standard InChI is InChI=1S/C18H14FN3O6/c1-11(18(24)21-13-4-7-15(19)16(8-13)22(25)26)28-17(23)10-27-14-5-2-12(9-20)3-6-14/h2-8,11H,10H2,1H3,(H,21,24)/t11-/m0/s1. The van der Waals surface area contributed by atoms with E-state index in [0.717, 1.165) is 18.2 Å². The quantitative estimate of drug-likeness (QED) is 0.439. The van der Waals surface area contributed by atoms with E-state index in [1.54, 1.807) is 0 Å². The Hall–Kier alpha value is -4.00. The van der Waals surface area contributed by atoms with Gasteiger partial charge in [-0.05, 0) is 43.3 Å². The Labute approximate surface area is 158 Å². The van der Waals surface area contributed by atoms with Crippen molar-refractivity contribution in [2.24, 2.45) is 0 Å². The minimum absolute atomic E-state index is 0.0187. The molecule has 0 spiro atoms. The van der Waals surface area contributed by atoms with E-state index in [1.807, 2.05) is 6.07 Å². The summed E-state index contributed by atoms with van der Waals surface area (Å²) >= 11 is 0. The third-order valence-corrected chi connectivity index (χ3v) is 3.43. The largest absolute Gasteiger partial charge is 0.482 e. The van der Waals surface area contributed by atoms with Crippen LogP contribution >= 0.6 is 0 Å².